The molecule has 2 heterocycles. The molecule has 2 N–H and O–H groups in total. The third kappa shape index (κ3) is 3.26. The second-order valence-electron chi connectivity index (χ2n) is 4.69. The highest BCUT2D eigenvalue weighted by Crippen LogP contribution is 2.26. The number of nitrogens with zero attached hydrogens (tertiary/aromatic N) is 3. The molecule has 0 amide bonds. The summed E-state index contributed by atoms with van der Waals surface area (Å²) in [6.45, 7) is 9.94. The van der Waals surface area contributed by atoms with Crippen LogP contribution in [0.4, 0.5) is 0 Å². The number of hydrogen-bond donors (Lipinski definition) is 1. The lowest BCUT2D eigenvalue weighted by Gasteiger charge is -2.03. The highest BCUT2D eigenvalue weighted by atomic mass is 16.5. The molecule has 0 saturated carbocycles. The largest absolute Gasteiger partial charge is 0.464 e. The van der Waals surface area contributed by atoms with Crippen molar-refractivity contribution in [3.63, 3.8) is 0 Å². The van der Waals surface area contributed by atoms with E-state index in [2.05, 4.69) is 18.9 Å². The molecular weight excluding hydrogens is 268 g/mol. The summed E-state index contributed by atoms with van der Waals surface area (Å²) in [7, 11) is 1.34. The predicted molar refractivity (Wildman–Crippen MR) is 83.6 cm³/mol. The summed E-state index contributed by atoms with van der Waals surface area (Å²) in [5, 5.41) is 4.48. The van der Waals surface area contributed by atoms with Gasteiger partial charge in [-0.1, -0.05) is 13.8 Å². The van der Waals surface area contributed by atoms with Crippen LogP contribution in [0.15, 0.2) is 18.5 Å². The molecule has 0 fully saturated rings. The number of aromatic nitrogens is 3. The number of rotatable bonds is 3. The zero-order valence-electron chi connectivity index (χ0n) is 13.5. The number of esters is 1. The van der Waals surface area contributed by atoms with Crippen molar-refractivity contribution in [1.82, 2.24) is 14.5 Å². The van der Waals surface area contributed by atoms with E-state index in [0.29, 0.717) is 5.69 Å². The van der Waals surface area contributed by atoms with Gasteiger partial charge in [0.2, 0.25) is 0 Å². The van der Waals surface area contributed by atoms with E-state index in [0.717, 1.165) is 16.8 Å². The molecular formula is C15H24N4O2. The van der Waals surface area contributed by atoms with Gasteiger partial charge in [-0.25, -0.2) is 4.79 Å². The van der Waals surface area contributed by atoms with Crippen LogP contribution in [0.3, 0.4) is 0 Å². The highest BCUT2D eigenvalue weighted by molar-refractivity contribution is 5.92. The van der Waals surface area contributed by atoms with Crippen molar-refractivity contribution in [2.24, 2.45) is 0 Å². The first kappa shape index (κ1) is 16.8. The van der Waals surface area contributed by atoms with E-state index in [-0.39, 0.29) is 6.04 Å². The molecule has 0 unspecified atom stereocenters. The Morgan fingerprint density at radius 1 is 1.38 bits per heavy atom. The van der Waals surface area contributed by atoms with Crippen molar-refractivity contribution in [2.45, 2.75) is 40.7 Å². The van der Waals surface area contributed by atoms with Crippen LogP contribution in [-0.2, 0) is 4.74 Å². The fourth-order valence-corrected chi connectivity index (χ4v) is 2.00. The molecule has 116 valence electrons. The lowest BCUT2D eigenvalue weighted by molar-refractivity contribution is 0.0590. The molecule has 0 aromatic carbocycles. The quantitative estimate of drug-likeness (QED) is 0.697. The smallest absolute Gasteiger partial charge is 0.356 e. The van der Waals surface area contributed by atoms with Crippen molar-refractivity contribution in [1.29, 1.82) is 0 Å². The lowest BCUT2D eigenvalue weighted by Crippen LogP contribution is -2.17. The van der Waals surface area contributed by atoms with E-state index in [9.17, 15) is 4.79 Å². The Hall–Kier alpha value is -2.24. The van der Waals surface area contributed by atoms with Crippen molar-refractivity contribution in [3.05, 3.63) is 29.7 Å². The molecule has 2 aromatic heterocycles. The average Bonchev–Trinajstić information content (AvgIpc) is 3.05. The minimum atomic E-state index is -0.449. The first-order valence-electron chi connectivity index (χ1n) is 7.06. The van der Waals surface area contributed by atoms with Crippen LogP contribution in [0.2, 0.25) is 0 Å². The van der Waals surface area contributed by atoms with Gasteiger partial charge in [-0.2, -0.15) is 5.10 Å². The van der Waals surface area contributed by atoms with E-state index in [4.69, 9.17) is 10.6 Å². The minimum absolute atomic E-state index is 0.286. The van der Waals surface area contributed by atoms with E-state index in [1.54, 1.807) is 6.20 Å². The van der Waals surface area contributed by atoms with Gasteiger partial charge in [-0.3, -0.25) is 9.36 Å². The lowest BCUT2D eigenvalue weighted by atomic mass is 10.1. The van der Waals surface area contributed by atoms with E-state index in [1.165, 1.54) is 11.8 Å². The van der Waals surface area contributed by atoms with Gasteiger partial charge in [0, 0.05) is 24.0 Å². The Balaban J connectivity index is 0.00000106. The monoisotopic (exact) mass is 292 g/mol. The van der Waals surface area contributed by atoms with Crippen molar-refractivity contribution >= 4 is 5.97 Å². The Labute approximate surface area is 125 Å². The molecule has 0 saturated heterocycles. The maximum atomic E-state index is 11.7. The standard InChI is InChI=1S/C13H18N4O2.C2H6/c1-8(2)17-6-5-11(15-17)10-7-16(14)12(9(10)3)13(18)19-4;1-2/h5-8H,14H2,1-4H3;1-2H3. The number of nitrogen functional groups attached to an aromatic ring is 1. The fourth-order valence-electron chi connectivity index (χ4n) is 2.00. The highest BCUT2D eigenvalue weighted by Gasteiger charge is 2.20. The minimum Gasteiger partial charge on any atom is -0.464 e. The Morgan fingerprint density at radius 3 is 2.48 bits per heavy atom. The number of carbonyl (C=O) groups is 1. The summed E-state index contributed by atoms with van der Waals surface area (Å²) in [6, 6.07) is 2.19. The average molecular weight is 292 g/mol. The molecule has 0 radical (unpaired) electrons. The first-order valence-corrected chi connectivity index (χ1v) is 7.06. The number of nitrogens with two attached hydrogens (primary N) is 1. The van der Waals surface area contributed by atoms with Gasteiger partial charge < -0.3 is 10.6 Å². The summed E-state index contributed by atoms with van der Waals surface area (Å²) in [5.41, 5.74) is 2.74. The summed E-state index contributed by atoms with van der Waals surface area (Å²) in [6.07, 6.45) is 3.60. The fraction of sp³-hybridized carbons (Fsp3) is 0.467. The number of hydrogen-bond acceptors (Lipinski definition) is 4. The number of ether oxygens (including phenoxy) is 1. The summed E-state index contributed by atoms with van der Waals surface area (Å²) in [4.78, 5) is 11.7. The first-order chi connectivity index (χ1) is 9.95. The zero-order chi connectivity index (χ0) is 16.2. The van der Waals surface area contributed by atoms with Gasteiger partial charge >= 0.3 is 5.97 Å². The second kappa shape index (κ2) is 6.97. The SMILES string of the molecule is CC.COC(=O)c1c(C)c(-c2ccn(C(C)C)n2)cn1N. The molecule has 0 atom stereocenters. The maximum absolute atomic E-state index is 11.7. The van der Waals surface area contributed by atoms with Crippen LogP contribution in [0, 0.1) is 6.92 Å². The molecule has 0 spiro atoms. The van der Waals surface area contributed by atoms with Crippen molar-refractivity contribution < 1.29 is 9.53 Å². The zero-order valence-corrected chi connectivity index (χ0v) is 13.5. The third-order valence-electron chi connectivity index (χ3n) is 3.08. The normalized spacial score (nSPS) is 10.2. The van der Waals surface area contributed by atoms with E-state index in [1.807, 2.05) is 37.7 Å². The van der Waals surface area contributed by atoms with E-state index >= 15 is 0 Å². The van der Waals surface area contributed by atoms with Gasteiger partial charge in [0.05, 0.1) is 12.8 Å². The number of methoxy groups -OCH3 is 1. The summed E-state index contributed by atoms with van der Waals surface area (Å²) in [5.74, 6) is 5.35. The van der Waals surface area contributed by atoms with Crippen LogP contribution < -0.4 is 5.84 Å². The Kier molecular flexibility index (Phi) is 5.58. The Bertz CT molecular complexity index is 611. The molecule has 0 aliphatic rings. The van der Waals surface area contributed by atoms with E-state index < -0.39 is 5.97 Å². The van der Waals surface area contributed by atoms with Gasteiger partial charge in [0.15, 0.2) is 5.69 Å². The van der Waals surface area contributed by atoms with Crippen LogP contribution in [0.25, 0.3) is 11.3 Å². The maximum Gasteiger partial charge on any atom is 0.356 e. The summed E-state index contributed by atoms with van der Waals surface area (Å²) >= 11 is 0. The summed E-state index contributed by atoms with van der Waals surface area (Å²) < 4.78 is 7.87. The molecule has 6 nitrogen and oxygen atoms in total. The van der Waals surface area contributed by atoms with Crippen LogP contribution in [0.5, 0.6) is 0 Å². The molecule has 2 aromatic rings. The van der Waals surface area contributed by atoms with Crippen molar-refractivity contribution in [3.8, 4) is 11.3 Å². The molecule has 0 bridgehead atoms. The molecule has 0 aliphatic heterocycles. The molecule has 0 aliphatic carbocycles. The molecule has 2 rings (SSSR count). The van der Waals surface area contributed by atoms with Gasteiger partial charge in [0.1, 0.15) is 0 Å². The van der Waals surface area contributed by atoms with Gasteiger partial charge in [-0.05, 0) is 32.4 Å². The van der Waals surface area contributed by atoms with Gasteiger partial charge in [-0.15, -0.1) is 0 Å². The van der Waals surface area contributed by atoms with Gasteiger partial charge in [0.25, 0.3) is 0 Å². The molecule has 21 heavy (non-hydrogen) atoms. The van der Waals surface area contributed by atoms with Crippen molar-refractivity contribution in [2.75, 3.05) is 13.0 Å². The predicted octanol–water partition coefficient (Wildman–Crippen LogP) is 2.77. The topological polar surface area (TPSA) is 75.1 Å². The number of carbonyl (C=O) groups excluding carboxylic acids is 1. The third-order valence-corrected chi connectivity index (χ3v) is 3.08. The second-order valence-corrected chi connectivity index (χ2v) is 4.69. The molecule has 6 heteroatoms. The van der Waals surface area contributed by atoms with Crippen LogP contribution in [-0.4, -0.2) is 27.5 Å². The van der Waals surface area contributed by atoms with Crippen LogP contribution in [0.1, 0.15) is 49.8 Å². The van der Waals surface area contributed by atoms with Crippen LogP contribution >= 0.6 is 0 Å². The Morgan fingerprint density at radius 2 is 2.00 bits per heavy atom.